The zero-order chi connectivity index (χ0) is 53.5. The molecule has 5 nitrogen and oxygen atoms in total. The van der Waals surface area contributed by atoms with E-state index >= 15 is 0 Å². The van der Waals surface area contributed by atoms with Crippen LogP contribution in [0.5, 0.6) is 0 Å². The number of benzene rings is 11. The molecule has 0 aliphatic heterocycles. The first kappa shape index (κ1) is 48.7. The second-order valence-electron chi connectivity index (χ2n) is 20.4. The quantitative estimate of drug-likeness (QED) is 0.137. The lowest BCUT2D eigenvalue weighted by atomic mass is 9.82. The highest BCUT2D eigenvalue weighted by Crippen LogP contribution is 2.51. The topological polar surface area (TPSA) is 46.8 Å². The molecular weight excluding hydrogens is 959 g/mol. The first-order valence-electron chi connectivity index (χ1n) is 27.3. The number of hydrogen-bond donors (Lipinski definition) is 0. The molecule has 0 fully saturated rings. The first-order chi connectivity index (χ1) is 38.9. The van der Waals surface area contributed by atoms with Crippen molar-refractivity contribution in [2.75, 3.05) is 4.90 Å². The van der Waals surface area contributed by atoms with Gasteiger partial charge >= 0.3 is 0 Å². The van der Waals surface area contributed by atoms with Crippen molar-refractivity contribution in [2.24, 2.45) is 0 Å². The minimum absolute atomic E-state index is 0.176. The van der Waals surface area contributed by atoms with Crippen molar-refractivity contribution >= 4 is 38.9 Å². The maximum atomic E-state index is 5.13. The van der Waals surface area contributed by atoms with Gasteiger partial charge in [0.1, 0.15) is 0 Å². The average Bonchev–Trinajstić information content (AvgIpc) is 4.00. The van der Waals surface area contributed by atoms with Crippen LogP contribution in [0.25, 0.3) is 106 Å². The molecule has 5 heteroatoms. The summed E-state index contributed by atoms with van der Waals surface area (Å²) >= 11 is 0. The number of fused-ring (bicyclic) bond motifs is 6. The van der Waals surface area contributed by atoms with Gasteiger partial charge < -0.3 is 9.47 Å². The van der Waals surface area contributed by atoms with Crippen LogP contribution in [-0.2, 0) is 5.41 Å². The summed E-state index contributed by atoms with van der Waals surface area (Å²) in [7, 11) is 0. The van der Waals surface area contributed by atoms with Crippen molar-refractivity contribution in [3.05, 3.63) is 284 Å². The third-order valence-corrected chi connectivity index (χ3v) is 15.5. The minimum Gasteiger partial charge on any atom is -0.311 e. The van der Waals surface area contributed by atoms with Crippen LogP contribution < -0.4 is 4.90 Å². The van der Waals surface area contributed by atoms with Crippen molar-refractivity contribution in [1.29, 1.82) is 0 Å². The second kappa shape index (κ2) is 20.5. The first-order valence-corrected chi connectivity index (χ1v) is 27.3. The summed E-state index contributed by atoms with van der Waals surface area (Å²) in [6.45, 7) is 8.71. The van der Waals surface area contributed by atoms with E-state index in [0.29, 0.717) is 17.5 Å². The summed E-state index contributed by atoms with van der Waals surface area (Å²) in [5, 5.41) is 2.39. The molecule has 0 unspecified atom stereocenters. The number of nitrogens with zero attached hydrogens (tertiary/aromatic N) is 5. The van der Waals surface area contributed by atoms with Gasteiger partial charge in [0.05, 0.1) is 11.0 Å². The van der Waals surface area contributed by atoms with Gasteiger partial charge in [0, 0.05) is 55.6 Å². The third-order valence-electron chi connectivity index (χ3n) is 15.5. The molecule has 14 rings (SSSR count). The summed E-state index contributed by atoms with van der Waals surface area (Å²) in [5.41, 5.74) is 21.5. The molecule has 0 spiro atoms. The minimum atomic E-state index is -0.176. The highest BCUT2D eigenvalue weighted by atomic mass is 15.1. The standard InChI is InChI=1S/C72H51N5.C2H6/c1-72(2)65-29-16-15-28-61(65)62-46-64-63-45-55(52-34-41-59(42-35-52)76(57-37-30-50(31-38-57)48-18-7-3-8-19-48)58-39-32-51(33-40-58)49-20-9-4-10-21-49)36-43-67(63)77(68(64)47-66(62)72)60-27-17-26-56(44-60)71-74-69(53-22-11-5-12-23-53)73-70(75-71)54-24-13-6-14-25-54;1-2/h3-47H,1-2H3;1-2H3. The van der Waals surface area contributed by atoms with Gasteiger partial charge in [-0.25, -0.2) is 15.0 Å². The van der Waals surface area contributed by atoms with Crippen LogP contribution in [0.2, 0.25) is 0 Å². The molecule has 0 amide bonds. The molecular formula is C74H57N5. The Labute approximate surface area is 462 Å². The van der Waals surface area contributed by atoms with Gasteiger partial charge in [-0.2, -0.15) is 0 Å². The molecule has 0 atom stereocenters. The molecule has 0 bridgehead atoms. The maximum absolute atomic E-state index is 5.13. The van der Waals surface area contributed by atoms with Crippen molar-refractivity contribution in [3.63, 3.8) is 0 Å². The van der Waals surface area contributed by atoms with Gasteiger partial charge in [0.15, 0.2) is 17.5 Å². The van der Waals surface area contributed by atoms with Gasteiger partial charge in [-0.1, -0.05) is 228 Å². The van der Waals surface area contributed by atoms with Gasteiger partial charge in [-0.3, -0.25) is 0 Å². The molecule has 11 aromatic carbocycles. The lowest BCUT2D eigenvalue weighted by molar-refractivity contribution is 0.661. The van der Waals surface area contributed by atoms with Gasteiger partial charge in [0.2, 0.25) is 0 Å². The lowest BCUT2D eigenvalue weighted by Gasteiger charge is -2.26. The van der Waals surface area contributed by atoms with Crippen molar-refractivity contribution < 1.29 is 0 Å². The molecule has 1 aliphatic rings. The average molecular weight is 1020 g/mol. The highest BCUT2D eigenvalue weighted by molar-refractivity contribution is 6.13. The van der Waals surface area contributed by atoms with Gasteiger partial charge in [0.25, 0.3) is 0 Å². The van der Waals surface area contributed by atoms with Crippen LogP contribution in [0.3, 0.4) is 0 Å². The Kier molecular flexibility index (Phi) is 12.6. The number of aromatic nitrogens is 4. The van der Waals surface area contributed by atoms with Crippen LogP contribution in [0, 0.1) is 0 Å². The fourth-order valence-corrected chi connectivity index (χ4v) is 11.5. The zero-order valence-corrected chi connectivity index (χ0v) is 44.7. The largest absolute Gasteiger partial charge is 0.311 e. The lowest BCUT2D eigenvalue weighted by Crippen LogP contribution is -2.14. The van der Waals surface area contributed by atoms with Crippen molar-refractivity contribution in [2.45, 2.75) is 33.1 Å². The van der Waals surface area contributed by atoms with Crippen molar-refractivity contribution in [1.82, 2.24) is 19.5 Å². The number of rotatable bonds is 10. The van der Waals surface area contributed by atoms with Crippen LogP contribution in [-0.4, -0.2) is 19.5 Å². The SMILES string of the molecule is CC.CC1(C)c2ccccc2-c2cc3c4cc(-c5ccc(N(c6ccc(-c7ccccc7)cc6)c6ccc(-c7ccccc7)cc6)cc5)ccc4n(-c4cccc(-c5nc(-c6ccccc6)nc(-c6ccccc6)n5)c4)c3cc21. The van der Waals surface area contributed by atoms with Crippen LogP contribution in [0.15, 0.2) is 273 Å². The molecule has 1 aliphatic carbocycles. The number of anilines is 3. The normalized spacial score (nSPS) is 12.2. The molecule has 13 aromatic rings. The van der Waals surface area contributed by atoms with E-state index in [4.69, 9.17) is 15.0 Å². The van der Waals surface area contributed by atoms with Gasteiger partial charge in [-0.15, -0.1) is 0 Å². The van der Waals surface area contributed by atoms with E-state index in [9.17, 15) is 0 Å². The monoisotopic (exact) mass is 1020 g/mol. The predicted molar refractivity (Wildman–Crippen MR) is 330 cm³/mol. The Hall–Kier alpha value is -9.97. The molecule has 0 saturated heterocycles. The molecule has 79 heavy (non-hydrogen) atoms. The molecule has 0 radical (unpaired) electrons. The predicted octanol–water partition coefficient (Wildman–Crippen LogP) is 19.8. The van der Waals surface area contributed by atoms with E-state index in [0.717, 1.165) is 61.6 Å². The van der Waals surface area contributed by atoms with E-state index in [1.165, 1.54) is 55.3 Å². The van der Waals surface area contributed by atoms with E-state index in [1.807, 2.05) is 50.2 Å². The fraction of sp³-hybridized carbons (Fsp3) is 0.0676. The third kappa shape index (κ3) is 8.95. The molecule has 0 N–H and O–H groups in total. The Balaban J connectivity index is 0.00000293. The van der Waals surface area contributed by atoms with E-state index < -0.39 is 0 Å². The van der Waals surface area contributed by atoms with Crippen molar-refractivity contribution in [3.8, 4) is 84.4 Å². The summed E-state index contributed by atoms with van der Waals surface area (Å²) in [6.07, 6.45) is 0. The molecule has 378 valence electrons. The zero-order valence-electron chi connectivity index (χ0n) is 44.7. The summed E-state index contributed by atoms with van der Waals surface area (Å²) < 4.78 is 2.43. The molecule has 2 heterocycles. The molecule has 0 saturated carbocycles. The summed E-state index contributed by atoms with van der Waals surface area (Å²) in [6, 6.07) is 97.7. The summed E-state index contributed by atoms with van der Waals surface area (Å²) in [5.74, 6) is 1.89. The molecule has 2 aromatic heterocycles. The Morgan fingerprint density at radius 2 is 0.709 bits per heavy atom. The van der Waals surface area contributed by atoms with Gasteiger partial charge in [-0.05, 0) is 128 Å². The van der Waals surface area contributed by atoms with E-state index in [2.05, 4.69) is 260 Å². The van der Waals surface area contributed by atoms with Crippen LogP contribution >= 0.6 is 0 Å². The Morgan fingerprint density at radius 1 is 0.304 bits per heavy atom. The maximum Gasteiger partial charge on any atom is 0.164 e. The van der Waals surface area contributed by atoms with E-state index in [1.54, 1.807) is 0 Å². The smallest absolute Gasteiger partial charge is 0.164 e. The highest BCUT2D eigenvalue weighted by Gasteiger charge is 2.36. The second-order valence-corrected chi connectivity index (χ2v) is 20.4. The Morgan fingerprint density at radius 3 is 1.23 bits per heavy atom. The van der Waals surface area contributed by atoms with Crippen LogP contribution in [0.1, 0.15) is 38.8 Å². The number of hydrogen-bond acceptors (Lipinski definition) is 4. The van der Waals surface area contributed by atoms with E-state index in [-0.39, 0.29) is 5.41 Å². The summed E-state index contributed by atoms with van der Waals surface area (Å²) in [4.78, 5) is 17.6. The Bertz CT molecular complexity index is 4160. The van der Waals surface area contributed by atoms with Crippen LogP contribution in [0.4, 0.5) is 17.1 Å². The fourth-order valence-electron chi connectivity index (χ4n) is 11.5.